The highest BCUT2D eigenvalue weighted by molar-refractivity contribution is 5.87. The van der Waals surface area contributed by atoms with Crippen LogP contribution in [-0.2, 0) is 44.6 Å². The summed E-state index contributed by atoms with van der Waals surface area (Å²) in [7, 11) is 0. The molecule has 1 aromatic heterocycles. The van der Waals surface area contributed by atoms with Gasteiger partial charge in [0, 0.05) is 50.3 Å². The zero-order valence-electron chi connectivity index (χ0n) is 23.2. The molecule has 1 aromatic rings. The minimum Gasteiger partial charge on any atom is -0.389 e. The maximum absolute atomic E-state index is 12.6. The van der Waals surface area contributed by atoms with E-state index in [0.29, 0.717) is 57.7 Å². The minimum atomic E-state index is -0.731. The number of amides is 3. The van der Waals surface area contributed by atoms with Gasteiger partial charge in [-0.05, 0) is 26.2 Å². The van der Waals surface area contributed by atoms with Crippen molar-refractivity contribution in [2.75, 3.05) is 59.3 Å². The van der Waals surface area contributed by atoms with Gasteiger partial charge in [-0.2, -0.15) is 0 Å². The van der Waals surface area contributed by atoms with Gasteiger partial charge in [-0.3, -0.25) is 24.0 Å². The second kappa shape index (κ2) is 22.6. The number of aromatic nitrogens is 2. The number of carbonyl (C=O) groups excluding carboxylic acids is 5. The maximum Gasteiger partial charge on any atom is 0.246 e. The van der Waals surface area contributed by atoms with Gasteiger partial charge in [-0.25, -0.2) is 4.98 Å². The number of ketones is 2. The molecule has 3 amide bonds. The third-order valence-electron chi connectivity index (χ3n) is 5.90. The van der Waals surface area contributed by atoms with Gasteiger partial charge in [-0.1, -0.05) is 6.42 Å². The van der Waals surface area contributed by atoms with E-state index in [4.69, 9.17) is 14.2 Å². The number of hydrogen-bond donors (Lipinski definition) is 5. The Kier molecular flexibility index (Phi) is 19.7. The second-order valence-electron chi connectivity index (χ2n) is 8.94. The molecule has 0 saturated carbocycles. The number of aliphatic hydroxyl groups excluding tert-OH is 1. The first-order chi connectivity index (χ1) is 19.4. The van der Waals surface area contributed by atoms with Gasteiger partial charge < -0.3 is 40.3 Å². The van der Waals surface area contributed by atoms with Crippen LogP contribution >= 0.6 is 0 Å². The molecule has 1 rings (SSSR count). The Morgan fingerprint density at radius 2 is 1.70 bits per heavy atom. The number of imidazole rings is 1. The SMILES string of the molecule is CCOCC(=O)NCCOCCOCC(=O)NCCCC[C@H](CCC(=O)[C@H](Cc1cnc[nH]1)NC=O)C(=O)CO. The van der Waals surface area contributed by atoms with Gasteiger partial charge >= 0.3 is 0 Å². The van der Waals surface area contributed by atoms with Crippen molar-refractivity contribution >= 4 is 29.8 Å². The van der Waals surface area contributed by atoms with Gasteiger partial charge in [0.1, 0.15) is 19.8 Å². The Bertz CT molecular complexity index is 867. The average Bonchev–Trinajstić information content (AvgIpc) is 3.47. The number of nitrogens with one attached hydrogen (secondary N) is 4. The lowest BCUT2D eigenvalue weighted by molar-refractivity contribution is -0.128. The zero-order chi connectivity index (χ0) is 29.4. The van der Waals surface area contributed by atoms with Crippen LogP contribution in [0.15, 0.2) is 12.5 Å². The summed E-state index contributed by atoms with van der Waals surface area (Å²) in [5.41, 5.74) is 0.701. The maximum atomic E-state index is 12.6. The van der Waals surface area contributed by atoms with Gasteiger partial charge in [-0.15, -0.1) is 0 Å². The Morgan fingerprint density at radius 3 is 2.38 bits per heavy atom. The van der Waals surface area contributed by atoms with E-state index < -0.39 is 18.6 Å². The van der Waals surface area contributed by atoms with E-state index >= 15 is 0 Å². The molecule has 0 bridgehead atoms. The summed E-state index contributed by atoms with van der Waals surface area (Å²) in [5, 5.41) is 17.2. The molecule has 1 heterocycles. The predicted molar refractivity (Wildman–Crippen MR) is 143 cm³/mol. The number of Topliss-reactive ketones (excluding diaryl/α,β-unsaturated/α-hetero) is 2. The van der Waals surface area contributed by atoms with E-state index in [2.05, 4.69) is 25.9 Å². The van der Waals surface area contributed by atoms with Crippen LogP contribution in [0.1, 0.15) is 44.7 Å². The molecule has 0 fully saturated rings. The number of rotatable bonds is 26. The largest absolute Gasteiger partial charge is 0.389 e. The molecular weight excluding hydrogens is 526 g/mol. The first-order valence-corrected chi connectivity index (χ1v) is 13.5. The summed E-state index contributed by atoms with van der Waals surface area (Å²) in [6.07, 6.45) is 5.83. The molecule has 40 heavy (non-hydrogen) atoms. The molecule has 0 saturated heterocycles. The van der Waals surface area contributed by atoms with Crippen LogP contribution in [0, 0.1) is 5.92 Å². The fourth-order valence-electron chi connectivity index (χ4n) is 3.74. The molecule has 5 N–H and O–H groups in total. The van der Waals surface area contributed by atoms with Crippen LogP contribution in [-0.4, -0.2) is 110 Å². The normalized spacial score (nSPS) is 12.3. The van der Waals surface area contributed by atoms with E-state index in [1.807, 2.05) is 6.92 Å². The molecule has 0 aliphatic rings. The van der Waals surface area contributed by atoms with E-state index in [9.17, 15) is 29.1 Å². The number of unbranched alkanes of at least 4 members (excludes halogenated alkanes) is 1. The van der Waals surface area contributed by atoms with Gasteiger partial charge in [0.05, 0.1) is 32.2 Å². The number of aliphatic hydroxyl groups is 1. The molecule has 0 aliphatic carbocycles. The van der Waals surface area contributed by atoms with E-state index in [1.54, 1.807) is 6.20 Å². The van der Waals surface area contributed by atoms with Crippen molar-refractivity contribution in [2.45, 2.75) is 51.5 Å². The Morgan fingerprint density at radius 1 is 0.975 bits per heavy atom. The minimum absolute atomic E-state index is 0.0205. The first-order valence-electron chi connectivity index (χ1n) is 13.5. The third kappa shape index (κ3) is 16.7. The second-order valence-corrected chi connectivity index (χ2v) is 8.94. The highest BCUT2D eigenvalue weighted by Gasteiger charge is 2.23. The Labute approximate surface area is 234 Å². The van der Waals surface area contributed by atoms with Crippen LogP contribution in [0.3, 0.4) is 0 Å². The Balaban J connectivity index is 2.17. The number of H-pyrrole nitrogens is 1. The molecular formula is C26H43N5O9. The van der Waals surface area contributed by atoms with Crippen molar-refractivity contribution in [2.24, 2.45) is 5.92 Å². The van der Waals surface area contributed by atoms with Crippen LogP contribution in [0.25, 0.3) is 0 Å². The fraction of sp³-hybridized carbons (Fsp3) is 0.692. The van der Waals surface area contributed by atoms with Crippen molar-refractivity contribution in [1.29, 1.82) is 0 Å². The molecule has 2 atom stereocenters. The smallest absolute Gasteiger partial charge is 0.246 e. The summed E-state index contributed by atoms with van der Waals surface area (Å²) in [6, 6.07) is -0.731. The van der Waals surface area contributed by atoms with Crippen molar-refractivity contribution in [1.82, 2.24) is 25.9 Å². The summed E-state index contributed by atoms with van der Waals surface area (Å²) in [6.45, 7) is 3.17. The van der Waals surface area contributed by atoms with Crippen LogP contribution in [0.4, 0.5) is 0 Å². The zero-order valence-corrected chi connectivity index (χ0v) is 23.2. The molecule has 0 aromatic carbocycles. The molecule has 0 radical (unpaired) electrons. The van der Waals surface area contributed by atoms with E-state index in [1.165, 1.54) is 6.33 Å². The molecule has 226 valence electrons. The van der Waals surface area contributed by atoms with Gasteiger partial charge in [0.2, 0.25) is 18.2 Å². The molecule has 14 heteroatoms. The number of aromatic amines is 1. The fourth-order valence-corrected chi connectivity index (χ4v) is 3.74. The van der Waals surface area contributed by atoms with Crippen molar-refractivity contribution < 1.29 is 43.3 Å². The van der Waals surface area contributed by atoms with Crippen LogP contribution in [0.5, 0.6) is 0 Å². The quantitative estimate of drug-likeness (QED) is 0.0686. The number of nitrogens with zero attached hydrogens (tertiary/aromatic N) is 1. The molecule has 0 aliphatic heterocycles. The summed E-state index contributed by atoms with van der Waals surface area (Å²) < 4.78 is 15.6. The number of hydrogen-bond acceptors (Lipinski definition) is 10. The molecule has 0 spiro atoms. The third-order valence-corrected chi connectivity index (χ3v) is 5.90. The lowest BCUT2D eigenvalue weighted by atomic mass is 9.90. The monoisotopic (exact) mass is 569 g/mol. The first kappa shape index (κ1) is 34.8. The number of ether oxygens (including phenoxy) is 3. The summed E-state index contributed by atoms with van der Waals surface area (Å²) in [5.74, 6) is -1.52. The van der Waals surface area contributed by atoms with E-state index in [0.717, 1.165) is 0 Å². The van der Waals surface area contributed by atoms with Crippen LogP contribution in [0.2, 0.25) is 0 Å². The van der Waals surface area contributed by atoms with Gasteiger partial charge in [0.25, 0.3) is 0 Å². The van der Waals surface area contributed by atoms with Crippen LogP contribution < -0.4 is 16.0 Å². The molecule has 0 unspecified atom stereocenters. The van der Waals surface area contributed by atoms with E-state index in [-0.39, 0.29) is 69.1 Å². The summed E-state index contributed by atoms with van der Waals surface area (Å²) in [4.78, 5) is 65.8. The highest BCUT2D eigenvalue weighted by atomic mass is 16.5. The summed E-state index contributed by atoms with van der Waals surface area (Å²) >= 11 is 0. The highest BCUT2D eigenvalue weighted by Crippen LogP contribution is 2.17. The predicted octanol–water partition coefficient (Wildman–Crippen LogP) is -0.934. The average molecular weight is 570 g/mol. The molecule has 14 nitrogen and oxygen atoms in total. The van der Waals surface area contributed by atoms with Gasteiger partial charge in [0.15, 0.2) is 11.6 Å². The van der Waals surface area contributed by atoms with Crippen molar-refractivity contribution in [3.8, 4) is 0 Å². The standard InChI is InChI=1S/C26H43N5O9/c1-2-38-16-25(36)29-9-10-39-11-12-40-17-26(37)28-8-4-3-5-20(24(35)15-32)6-7-23(34)22(31-19-33)13-21-14-27-18-30-21/h14,18-20,22,32H,2-13,15-17H2,1H3,(H,27,30)(H,28,37)(H,29,36)(H,31,33)/t20-,22+/m1/s1. The Hall–Kier alpha value is -3.20. The number of carbonyl (C=O) groups is 5. The topological polar surface area (TPSA) is 198 Å². The lowest BCUT2D eigenvalue weighted by Crippen LogP contribution is -2.38. The van der Waals surface area contributed by atoms with Crippen molar-refractivity contribution in [3.05, 3.63) is 18.2 Å². The lowest BCUT2D eigenvalue weighted by Gasteiger charge is -2.17. The van der Waals surface area contributed by atoms with Crippen molar-refractivity contribution in [3.63, 3.8) is 0 Å².